The lowest BCUT2D eigenvalue weighted by atomic mass is 10.2. The molecule has 0 aliphatic rings. The maximum absolute atomic E-state index is 12.6. The third-order valence-electron chi connectivity index (χ3n) is 4.01. The number of nitriles is 1. The minimum absolute atomic E-state index is 0.300. The molecule has 3 aromatic rings. The molecule has 0 radical (unpaired) electrons. The molecule has 1 heterocycles. The lowest BCUT2D eigenvalue weighted by molar-refractivity contribution is 0.102. The second-order valence-electron chi connectivity index (χ2n) is 6.26. The molecule has 0 saturated carbocycles. The highest BCUT2D eigenvalue weighted by atomic mass is 35.5. The van der Waals surface area contributed by atoms with Gasteiger partial charge in [0.2, 0.25) is 5.13 Å². The largest absolute Gasteiger partial charge is 0.493 e. The molecular formula is C21H19ClN4O3S2. The smallest absolute Gasteiger partial charge is 0.257 e. The number of methoxy groups -OCH3 is 1. The number of carbonyl (C=O) groups is 1. The number of hydrogen-bond donors (Lipinski definition) is 1. The van der Waals surface area contributed by atoms with Crippen LogP contribution in [0.2, 0.25) is 5.02 Å². The zero-order chi connectivity index (χ0) is 22.2. The van der Waals surface area contributed by atoms with Crippen molar-refractivity contribution >= 4 is 45.7 Å². The fraction of sp³-hybridized carbons (Fsp3) is 0.238. The van der Waals surface area contributed by atoms with Gasteiger partial charge < -0.3 is 9.47 Å². The Morgan fingerprint density at radius 3 is 2.74 bits per heavy atom. The number of rotatable bonds is 9. The summed E-state index contributed by atoms with van der Waals surface area (Å²) in [6, 6.07) is 12.6. The minimum Gasteiger partial charge on any atom is -0.493 e. The van der Waals surface area contributed by atoms with Gasteiger partial charge in [0.15, 0.2) is 15.8 Å². The summed E-state index contributed by atoms with van der Waals surface area (Å²) in [5.74, 6) is 1.12. The number of amides is 1. The number of nitrogens with one attached hydrogen (secondary N) is 1. The number of ether oxygens (including phenoxy) is 2. The van der Waals surface area contributed by atoms with Crippen molar-refractivity contribution < 1.29 is 14.3 Å². The van der Waals surface area contributed by atoms with Gasteiger partial charge in [-0.2, -0.15) is 5.26 Å². The Balaban J connectivity index is 1.63. The summed E-state index contributed by atoms with van der Waals surface area (Å²) < 4.78 is 11.7. The van der Waals surface area contributed by atoms with E-state index in [1.54, 1.807) is 18.2 Å². The van der Waals surface area contributed by atoms with E-state index in [-0.39, 0.29) is 5.91 Å². The molecule has 0 saturated heterocycles. The van der Waals surface area contributed by atoms with Gasteiger partial charge in [-0.15, -0.1) is 10.2 Å². The summed E-state index contributed by atoms with van der Waals surface area (Å²) in [6.45, 7) is 2.48. The standard InChI is InChI=1S/C21H19ClN4O3S2/c1-3-8-29-18-16(22)9-15(10-17(18)28-2)19(27)24-20-25-26-21(31-20)30-12-14-6-4-13(11-23)5-7-14/h4-7,9-10H,3,8,12H2,1-2H3,(H,24,25,27). The van der Waals surface area contributed by atoms with E-state index in [1.807, 2.05) is 19.1 Å². The molecule has 0 fully saturated rings. The Morgan fingerprint density at radius 2 is 2.06 bits per heavy atom. The number of hydrogen-bond acceptors (Lipinski definition) is 8. The van der Waals surface area contributed by atoms with Crippen molar-refractivity contribution in [2.45, 2.75) is 23.4 Å². The van der Waals surface area contributed by atoms with Crippen molar-refractivity contribution in [3.05, 3.63) is 58.1 Å². The fourth-order valence-electron chi connectivity index (χ4n) is 2.50. The molecule has 31 heavy (non-hydrogen) atoms. The average Bonchev–Trinajstić information content (AvgIpc) is 3.23. The highest BCUT2D eigenvalue weighted by Crippen LogP contribution is 2.37. The topological polar surface area (TPSA) is 97.1 Å². The molecule has 10 heteroatoms. The van der Waals surface area contributed by atoms with Crippen molar-refractivity contribution in [3.8, 4) is 17.6 Å². The van der Waals surface area contributed by atoms with Crippen LogP contribution in [0.25, 0.3) is 0 Å². The van der Waals surface area contributed by atoms with E-state index in [0.717, 1.165) is 16.3 Å². The van der Waals surface area contributed by atoms with Crippen LogP contribution in [0.15, 0.2) is 40.7 Å². The fourth-order valence-corrected chi connectivity index (χ4v) is 4.47. The first kappa shape index (κ1) is 22.9. The number of nitrogens with zero attached hydrogens (tertiary/aromatic N) is 3. The number of carbonyl (C=O) groups excluding carboxylic acids is 1. The molecule has 0 atom stereocenters. The predicted octanol–water partition coefficient (Wildman–Crippen LogP) is 5.41. The van der Waals surface area contributed by atoms with Crippen LogP contribution in [-0.2, 0) is 5.75 Å². The van der Waals surface area contributed by atoms with Crippen molar-refractivity contribution in [2.75, 3.05) is 19.0 Å². The molecule has 0 bridgehead atoms. The summed E-state index contributed by atoms with van der Waals surface area (Å²) in [4.78, 5) is 12.6. The van der Waals surface area contributed by atoms with Gasteiger partial charge in [0, 0.05) is 11.3 Å². The average molecular weight is 475 g/mol. The molecular weight excluding hydrogens is 456 g/mol. The van der Waals surface area contributed by atoms with Crippen molar-refractivity contribution in [1.82, 2.24) is 10.2 Å². The van der Waals surface area contributed by atoms with Crippen LogP contribution in [0.5, 0.6) is 11.5 Å². The summed E-state index contributed by atoms with van der Waals surface area (Å²) in [5.41, 5.74) is 2.01. The van der Waals surface area contributed by atoms with Crippen LogP contribution < -0.4 is 14.8 Å². The number of anilines is 1. The molecule has 1 N–H and O–H groups in total. The Kier molecular flexibility index (Phi) is 8.12. The number of aromatic nitrogens is 2. The van der Waals surface area contributed by atoms with Crippen LogP contribution in [0, 0.1) is 11.3 Å². The van der Waals surface area contributed by atoms with Gasteiger partial charge in [-0.3, -0.25) is 10.1 Å². The lowest BCUT2D eigenvalue weighted by Gasteiger charge is -2.13. The van der Waals surface area contributed by atoms with E-state index in [2.05, 4.69) is 21.6 Å². The SMILES string of the molecule is CCCOc1c(Cl)cc(C(=O)Nc2nnc(SCc3ccc(C#N)cc3)s2)cc1OC. The quantitative estimate of drug-likeness (QED) is 0.327. The van der Waals surface area contributed by atoms with Crippen LogP contribution in [0.3, 0.4) is 0 Å². The second-order valence-corrected chi connectivity index (χ2v) is 8.87. The number of thioether (sulfide) groups is 1. The maximum Gasteiger partial charge on any atom is 0.257 e. The molecule has 2 aromatic carbocycles. The molecule has 0 aliphatic carbocycles. The number of halogens is 1. The molecule has 1 aromatic heterocycles. The van der Waals surface area contributed by atoms with E-state index in [1.165, 1.54) is 36.3 Å². The van der Waals surface area contributed by atoms with E-state index in [4.69, 9.17) is 26.3 Å². The zero-order valence-corrected chi connectivity index (χ0v) is 19.2. The van der Waals surface area contributed by atoms with E-state index < -0.39 is 0 Å². The molecule has 3 rings (SSSR count). The van der Waals surface area contributed by atoms with Gasteiger partial charge in [-0.05, 0) is 36.2 Å². The third kappa shape index (κ3) is 6.10. The first-order valence-corrected chi connectivity index (χ1v) is 11.5. The van der Waals surface area contributed by atoms with E-state index in [0.29, 0.717) is 45.1 Å². The Morgan fingerprint density at radius 1 is 1.29 bits per heavy atom. The zero-order valence-electron chi connectivity index (χ0n) is 16.8. The Hall–Kier alpha value is -2.80. The summed E-state index contributed by atoms with van der Waals surface area (Å²) >= 11 is 9.07. The van der Waals surface area contributed by atoms with Gasteiger partial charge in [0.25, 0.3) is 5.91 Å². The first-order chi connectivity index (χ1) is 15.0. The van der Waals surface area contributed by atoms with Crippen LogP contribution in [0.4, 0.5) is 5.13 Å². The molecule has 0 unspecified atom stereocenters. The van der Waals surface area contributed by atoms with Gasteiger partial charge in [-0.25, -0.2) is 0 Å². The number of benzene rings is 2. The van der Waals surface area contributed by atoms with E-state index >= 15 is 0 Å². The van der Waals surface area contributed by atoms with Crippen LogP contribution in [-0.4, -0.2) is 29.8 Å². The van der Waals surface area contributed by atoms with E-state index in [9.17, 15) is 4.79 Å². The van der Waals surface area contributed by atoms with Crippen LogP contribution >= 0.6 is 34.7 Å². The van der Waals surface area contributed by atoms with Crippen molar-refractivity contribution in [2.24, 2.45) is 0 Å². The minimum atomic E-state index is -0.373. The Labute approximate surface area is 193 Å². The van der Waals surface area contributed by atoms with Crippen molar-refractivity contribution in [1.29, 1.82) is 5.26 Å². The first-order valence-electron chi connectivity index (χ1n) is 9.31. The monoisotopic (exact) mass is 474 g/mol. The van der Waals surface area contributed by atoms with Gasteiger partial charge in [0.05, 0.1) is 30.4 Å². The maximum atomic E-state index is 12.6. The van der Waals surface area contributed by atoms with Gasteiger partial charge in [0.1, 0.15) is 0 Å². The molecule has 0 spiro atoms. The normalized spacial score (nSPS) is 10.4. The molecule has 7 nitrogen and oxygen atoms in total. The molecule has 160 valence electrons. The van der Waals surface area contributed by atoms with Gasteiger partial charge >= 0.3 is 0 Å². The third-order valence-corrected chi connectivity index (χ3v) is 6.34. The lowest BCUT2D eigenvalue weighted by Crippen LogP contribution is -2.12. The highest BCUT2D eigenvalue weighted by molar-refractivity contribution is 8.00. The molecule has 1 amide bonds. The van der Waals surface area contributed by atoms with Crippen LogP contribution in [0.1, 0.15) is 34.8 Å². The predicted molar refractivity (Wildman–Crippen MR) is 122 cm³/mol. The highest BCUT2D eigenvalue weighted by Gasteiger charge is 2.17. The summed E-state index contributed by atoms with van der Waals surface area (Å²) in [6.07, 6.45) is 0.824. The second kappa shape index (κ2) is 11.0. The summed E-state index contributed by atoms with van der Waals surface area (Å²) in [5, 5.41) is 20.4. The Bertz CT molecular complexity index is 1100. The molecule has 0 aliphatic heterocycles. The summed E-state index contributed by atoms with van der Waals surface area (Å²) in [7, 11) is 1.49. The van der Waals surface area contributed by atoms with Crippen molar-refractivity contribution in [3.63, 3.8) is 0 Å². The van der Waals surface area contributed by atoms with Gasteiger partial charge in [-0.1, -0.05) is 53.8 Å².